The normalized spacial score (nSPS) is 25.1. The predicted octanol–water partition coefficient (Wildman–Crippen LogP) is 6.11. The van der Waals surface area contributed by atoms with E-state index in [-0.39, 0.29) is 6.10 Å². The standard InChI is InChI=1S/C29H33NO/c1-21-13-14-23(19-22(21)2)20-31-29-26-15-17-30(18-16-26)28(29)27(24-9-5-3-6-10-24)25-11-7-4-8-12-25/h3-14,19,26-29H,15-18,20H2,1-2H3/t28-,29-/m0/s1. The zero-order chi connectivity index (χ0) is 21.2. The molecule has 0 amide bonds. The van der Waals surface area contributed by atoms with Crippen LogP contribution in [0.3, 0.4) is 0 Å². The summed E-state index contributed by atoms with van der Waals surface area (Å²) in [4.78, 5) is 2.70. The first-order valence-electron chi connectivity index (χ1n) is 11.7. The molecule has 2 atom stereocenters. The Labute approximate surface area is 186 Å². The van der Waals surface area contributed by atoms with Gasteiger partial charge >= 0.3 is 0 Å². The summed E-state index contributed by atoms with van der Waals surface area (Å²) in [6, 6.07) is 29.2. The van der Waals surface area contributed by atoms with Crippen LogP contribution in [0, 0.1) is 19.8 Å². The average Bonchev–Trinajstić information content (AvgIpc) is 2.83. The van der Waals surface area contributed by atoms with Crippen molar-refractivity contribution in [2.24, 2.45) is 5.92 Å². The van der Waals surface area contributed by atoms with Gasteiger partial charge in [0.2, 0.25) is 0 Å². The van der Waals surface area contributed by atoms with Gasteiger partial charge in [-0.3, -0.25) is 4.90 Å². The molecule has 31 heavy (non-hydrogen) atoms. The van der Waals surface area contributed by atoms with Crippen LogP contribution in [0.1, 0.15) is 46.6 Å². The van der Waals surface area contributed by atoms with E-state index in [1.54, 1.807) is 0 Å². The van der Waals surface area contributed by atoms with Crippen molar-refractivity contribution >= 4 is 0 Å². The second-order valence-electron chi connectivity index (χ2n) is 9.36. The molecule has 0 aromatic heterocycles. The van der Waals surface area contributed by atoms with Crippen molar-refractivity contribution in [2.75, 3.05) is 13.1 Å². The molecule has 2 heteroatoms. The maximum absolute atomic E-state index is 6.79. The topological polar surface area (TPSA) is 12.5 Å². The fourth-order valence-electron chi connectivity index (χ4n) is 5.66. The lowest BCUT2D eigenvalue weighted by Gasteiger charge is -2.53. The van der Waals surface area contributed by atoms with E-state index >= 15 is 0 Å². The Morgan fingerprint density at radius 3 is 2.00 bits per heavy atom. The number of hydrogen-bond acceptors (Lipinski definition) is 2. The van der Waals surface area contributed by atoms with E-state index in [1.807, 2.05) is 0 Å². The first-order valence-corrected chi connectivity index (χ1v) is 11.7. The first-order chi connectivity index (χ1) is 15.2. The summed E-state index contributed by atoms with van der Waals surface area (Å²) >= 11 is 0. The van der Waals surface area contributed by atoms with Crippen LogP contribution in [0.4, 0.5) is 0 Å². The molecule has 2 bridgehead atoms. The van der Waals surface area contributed by atoms with Gasteiger partial charge in [0, 0.05) is 12.0 Å². The van der Waals surface area contributed by atoms with E-state index in [0.29, 0.717) is 24.5 Å². The summed E-state index contributed by atoms with van der Waals surface area (Å²) in [7, 11) is 0. The Morgan fingerprint density at radius 2 is 1.42 bits per heavy atom. The Balaban J connectivity index is 1.48. The van der Waals surface area contributed by atoms with Crippen LogP contribution < -0.4 is 0 Å². The van der Waals surface area contributed by atoms with Gasteiger partial charge in [0.25, 0.3) is 0 Å². The fourth-order valence-corrected chi connectivity index (χ4v) is 5.66. The van der Waals surface area contributed by atoms with Crippen molar-refractivity contribution in [3.8, 4) is 0 Å². The minimum atomic E-state index is 0.259. The minimum Gasteiger partial charge on any atom is -0.372 e. The summed E-state index contributed by atoms with van der Waals surface area (Å²) in [6.07, 6.45) is 2.77. The monoisotopic (exact) mass is 411 g/mol. The van der Waals surface area contributed by atoms with E-state index in [2.05, 4.69) is 97.6 Å². The molecule has 6 rings (SSSR count). The lowest BCUT2D eigenvalue weighted by Crippen LogP contribution is -2.60. The van der Waals surface area contributed by atoms with Crippen molar-refractivity contribution in [1.29, 1.82) is 0 Å². The highest BCUT2D eigenvalue weighted by Gasteiger charge is 2.47. The van der Waals surface area contributed by atoms with Crippen LogP contribution in [0.25, 0.3) is 0 Å². The van der Waals surface area contributed by atoms with Crippen molar-refractivity contribution in [3.05, 3.63) is 107 Å². The van der Waals surface area contributed by atoms with Crippen LogP contribution in [-0.2, 0) is 11.3 Å². The molecule has 3 saturated heterocycles. The third-order valence-corrected chi connectivity index (χ3v) is 7.47. The molecular formula is C29H33NO. The maximum atomic E-state index is 6.79. The van der Waals surface area contributed by atoms with Gasteiger partial charge < -0.3 is 4.74 Å². The molecule has 0 saturated carbocycles. The van der Waals surface area contributed by atoms with E-state index in [0.717, 1.165) is 0 Å². The molecule has 2 nitrogen and oxygen atoms in total. The molecule has 3 heterocycles. The van der Waals surface area contributed by atoms with Gasteiger partial charge in [-0.15, -0.1) is 0 Å². The van der Waals surface area contributed by atoms with Crippen molar-refractivity contribution in [2.45, 2.75) is 51.4 Å². The van der Waals surface area contributed by atoms with Gasteiger partial charge in [-0.1, -0.05) is 78.9 Å². The first kappa shape index (κ1) is 20.5. The number of piperidine rings is 3. The number of rotatable bonds is 6. The number of aryl methyl sites for hydroxylation is 2. The Kier molecular flexibility index (Phi) is 5.93. The van der Waals surface area contributed by atoms with Crippen LogP contribution in [0.2, 0.25) is 0 Å². The van der Waals surface area contributed by atoms with Crippen LogP contribution >= 0.6 is 0 Å². The average molecular weight is 412 g/mol. The molecule has 0 unspecified atom stereocenters. The smallest absolute Gasteiger partial charge is 0.0773 e. The lowest BCUT2D eigenvalue weighted by atomic mass is 9.72. The molecule has 3 aliphatic rings. The van der Waals surface area contributed by atoms with Gasteiger partial charge in [0.05, 0.1) is 12.7 Å². The zero-order valence-corrected chi connectivity index (χ0v) is 18.7. The Hall–Kier alpha value is -2.42. The molecule has 3 aromatic carbocycles. The summed E-state index contributed by atoms with van der Waals surface area (Å²) in [5.74, 6) is 0.978. The summed E-state index contributed by atoms with van der Waals surface area (Å²) < 4.78 is 6.79. The van der Waals surface area contributed by atoms with Crippen LogP contribution in [-0.4, -0.2) is 30.1 Å². The van der Waals surface area contributed by atoms with E-state index in [1.165, 1.54) is 53.7 Å². The molecule has 3 fully saturated rings. The van der Waals surface area contributed by atoms with E-state index in [9.17, 15) is 0 Å². The second kappa shape index (κ2) is 8.98. The van der Waals surface area contributed by atoms with Gasteiger partial charge in [0.15, 0.2) is 0 Å². The van der Waals surface area contributed by atoms with Crippen molar-refractivity contribution in [1.82, 2.24) is 4.90 Å². The molecule has 3 aliphatic heterocycles. The largest absolute Gasteiger partial charge is 0.372 e. The molecule has 160 valence electrons. The lowest BCUT2D eigenvalue weighted by molar-refractivity contribution is -0.120. The third kappa shape index (κ3) is 4.20. The number of fused-ring (bicyclic) bond motifs is 3. The maximum Gasteiger partial charge on any atom is 0.0773 e. The molecule has 0 spiro atoms. The van der Waals surface area contributed by atoms with Gasteiger partial charge in [-0.25, -0.2) is 0 Å². The quantitative estimate of drug-likeness (QED) is 0.485. The van der Waals surface area contributed by atoms with Gasteiger partial charge in [-0.05, 0) is 73.5 Å². The van der Waals surface area contributed by atoms with Crippen LogP contribution in [0.5, 0.6) is 0 Å². The van der Waals surface area contributed by atoms with Crippen molar-refractivity contribution < 1.29 is 4.74 Å². The van der Waals surface area contributed by atoms with E-state index < -0.39 is 0 Å². The fraction of sp³-hybridized carbons (Fsp3) is 0.379. The molecule has 0 aliphatic carbocycles. The molecule has 0 N–H and O–H groups in total. The minimum absolute atomic E-state index is 0.259. The number of benzene rings is 3. The van der Waals surface area contributed by atoms with Gasteiger partial charge in [0.1, 0.15) is 0 Å². The molecule has 3 aromatic rings. The highest BCUT2D eigenvalue weighted by molar-refractivity contribution is 5.36. The third-order valence-electron chi connectivity index (χ3n) is 7.47. The summed E-state index contributed by atoms with van der Waals surface area (Å²) in [6.45, 7) is 7.44. The SMILES string of the molecule is Cc1ccc(CO[C@H]2C3CCN(CC3)[C@H]2C(c2ccccc2)c2ccccc2)cc1C. The highest BCUT2D eigenvalue weighted by Crippen LogP contribution is 2.43. The predicted molar refractivity (Wildman–Crippen MR) is 127 cm³/mol. The van der Waals surface area contributed by atoms with E-state index in [4.69, 9.17) is 4.74 Å². The van der Waals surface area contributed by atoms with Crippen molar-refractivity contribution in [3.63, 3.8) is 0 Å². The number of nitrogens with zero attached hydrogens (tertiary/aromatic N) is 1. The zero-order valence-electron chi connectivity index (χ0n) is 18.7. The number of ether oxygens (including phenoxy) is 1. The number of hydrogen-bond donors (Lipinski definition) is 0. The molecule has 0 radical (unpaired) electrons. The van der Waals surface area contributed by atoms with Gasteiger partial charge in [-0.2, -0.15) is 0 Å². The Bertz CT molecular complexity index is 952. The summed E-state index contributed by atoms with van der Waals surface area (Å²) in [5.41, 5.74) is 6.77. The highest BCUT2D eigenvalue weighted by atomic mass is 16.5. The Morgan fingerprint density at radius 1 is 0.806 bits per heavy atom. The summed E-state index contributed by atoms with van der Waals surface area (Å²) in [5, 5.41) is 0. The van der Waals surface area contributed by atoms with Crippen LogP contribution in [0.15, 0.2) is 78.9 Å². The second-order valence-corrected chi connectivity index (χ2v) is 9.36. The molecular weight excluding hydrogens is 378 g/mol.